The van der Waals surface area contributed by atoms with Gasteiger partial charge >= 0.3 is 6.03 Å². The van der Waals surface area contributed by atoms with Crippen LogP contribution in [0.25, 0.3) is 0 Å². The maximum absolute atomic E-state index is 11.9. The lowest BCUT2D eigenvalue weighted by molar-refractivity contribution is -0.121. The highest BCUT2D eigenvalue weighted by Gasteiger charge is 2.24. The zero-order chi connectivity index (χ0) is 14.5. The fourth-order valence-corrected chi connectivity index (χ4v) is 1.23. The Morgan fingerprint density at radius 1 is 0.947 bits per heavy atom. The fourth-order valence-electron chi connectivity index (χ4n) is 1.23. The van der Waals surface area contributed by atoms with Gasteiger partial charge in [-0.25, -0.2) is 4.79 Å². The first-order chi connectivity index (χ1) is 8.89. The van der Waals surface area contributed by atoms with Gasteiger partial charge in [0.15, 0.2) is 0 Å². The predicted octanol–water partition coefficient (Wildman–Crippen LogP) is 1.37. The summed E-state index contributed by atoms with van der Waals surface area (Å²) in [7, 11) is 3.28. The molecule has 0 bridgehead atoms. The quantitative estimate of drug-likeness (QED) is 0.663. The van der Waals surface area contributed by atoms with Crippen LogP contribution >= 0.6 is 0 Å². The van der Waals surface area contributed by atoms with Crippen molar-refractivity contribution in [2.75, 3.05) is 24.7 Å². The smallest absolute Gasteiger partial charge is 0.318 e. The van der Waals surface area contributed by atoms with E-state index < -0.39 is 5.54 Å². The summed E-state index contributed by atoms with van der Waals surface area (Å²) in [5.41, 5.74) is 0.694. The van der Waals surface area contributed by atoms with Crippen LogP contribution in [0.15, 0.2) is 24.3 Å². The number of benzene rings is 1. The highest BCUT2D eigenvalue weighted by molar-refractivity contribution is 5.97. The number of urea groups is 1. The number of hydrogen-bond donors (Lipinski definition) is 4. The minimum atomic E-state index is -0.640. The summed E-state index contributed by atoms with van der Waals surface area (Å²) in [6.45, 7) is 3.59. The summed E-state index contributed by atoms with van der Waals surface area (Å²) in [6.07, 6.45) is 0. The van der Waals surface area contributed by atoms with Gasteiger partial charge in [-0.1, -0.05) is 0 Å². The van der Waals surface area contributed by atoms with Crippen molar-refractivity contribution in [2.45, 2.75) is 19.4 Å². The molecule has 0 fully saturated rings. The number of amides is 3. The maximum atomic E-state index is 11.9. The van der Waals surface area contributed by atoms with Crippen molar-refractivity contribution in [3.63, 3.8) is 0 Å². The standard InChI is InChI=1S/C13H20N4O2/c1-13(2,15-4)11(18)16-9-5-7-10(8-6-9)17-12(19)14-3/h5-8,15H,1-4H3,(H,16,18)(H2,14,17,19). The maximum Gasteiger partial charge on any atom is 0.318 e. The van der Waals surface area contributed by atoms with Gasteiger partial charge in [-0.05, 0) is 45.2 Å². The minimum absolute atomic E-state index is 0.123. The molecule has 0 radical (unpaired) electrons. The monoisotopic (exact) mass is 264 g/mol. The lowest BCUT2D eigenvalue weighted by Crippen LogP contribution is -2.47. The lowest BCUT2D eigenvalue weighted by Gasteiger charge is -2.22. The Hall–Kier alpha value is -2.08. The van der Waals surface area contributed by atoms with Crippen LogP contribution < -0.4 is 21.3 Å². The van der Waals surface area contributed by atoms with Crippen molar-refractivity contribution < 1.29 is 9.59 Å². The first kappa shape index (κ1) is 15.0. The second-order valence-electron chi connectivity index (χ2n) is 4.61. The normalized spacial score (nSPS) is 10.7. The lowest BCUT2D eigenvalue weighted by atomic mass is 10.1. The third-order valence-electron chi connectivity index (χ3n) is 2.82. The largest absolute Gasteiger partial charge is 0.341 e. The molecule has 3 amide bonds. The number of rotatable bonds is 4. The molecule has 1 rings (SSSR count). The molecule has 6 nitrogen and oxygen atoms in total. The molecule has 1 aromatic rings. The van der Waals surface area contributed by atoms with Gasteiger partial charge in [0.25, 0.3) is 0 Å². The number of anilines is 2. The second kappa shape index (κ2) is 6.19. The number of nitrogens with one attached hydrogen (secondary N) is 4. The van der Waals surface area contributed by atoms with Crippen molar-refractivity contribution in [2.24, 2.45) is 0 Å². The molecule has 0 saturated heterocycles. The third-order valence-corrected chi connectivity index (χ3v) is 2.82. The van der Waals surface area contributed by atoms with E-state index in [4.69, 9.17) is 0 Å². The molecule has 4 N–H and O–H groups in total. The van der Waals surface area contributed by atoms with Gasteiger partial charge in [-0.3, -0.25) is 4.79 Å². The number of hydrogen-bond acceptors (Lipinski definition) is 3. The Kier molecular flexibility index (Phi) is 4.88. The second-order valence-corrected chi connectivity index (χ2v) is 4.61. The first-order valence-electron chi connectivity index (χ1n) is 5.98. The van der Waals surface area contributed by atoms with E-state index >= 15 is 0 Å². The van der Waals surface area contributed by atoms with Crippen LogP contribution in [0, 0.1) is 0 Å². The Balaban J connectivity index is 2.67. The number of likely N-dealkylation sites (N-methyl/N-ethyl adjacent to an activating group) is 1. The fraction of sp³-hybridized carbons (Fsp3) is 0.385. The molecule has 0 unspecified atom stereocenters. The average molecular weight is 264 g/mol. The Bertz CT molecular complexity index is 454. The van der Waals surface area contributed by atoms with Crippen molar-refractivity contribution in [3.8, 4) is 0 Å². The molecule has 0 saturated carbocycles. The Morgan fingerprint density at radius 3 is 1.84 bits per heavy atom. The molecule has 6 heteroatoms. The summed E-state index contributed by atoms with van der Waals surface area (Å²) in [5.74, 6) is -0.123. The van der Waals surface area contributed by atoms with Gasteiger partial charge in [-0.15, -0.1) is 0 Å². The van der Waals surface area contributed by atoms with Crippen molar-refractivity contribution in [1.29, 1.82) is 0 Å². The molecule has 104 valence electrons. The van der Waals surface area contributed by atoms with Crippen LogP contribution in [0.5, 0.6) is 0 Å². The van der Waals surface area contributed by atoms with Crippen molar-refractivity contribution >= 4 is 23.3 Å². The minimum Gasteiger partial charge on any atom is -0.341 e. The SMILES string of the molecule is CNC(=O)Nc1ccc(NC(=O)C(C)(C)NC)cc1. The molecule has 0 aliphatic heterocycles. The highest BCUT2D eigenvalue weighted by Crippen LogP contribution is 2.15. The van der Waals surface area contributed by atoms with E-state index in [-0.39, 0.29) is 11.9 Å². The van der Waals surface area contributed by atoms with Gasteiger partial charge in [-0.2, -0.15) is 0 Å². The summed E-state index contributed by atoms with van der Waals surface area (Å²) in [5, 5.41) is 10.8. The van der Waals surface area contributed by atoms with Crippen LogP contribution in [0.4, 0.5) is 16.2 Å². The molecule has 0 aliphatic carbocycles. The van der Waals surface area contributed by atoms with Crippen LogP contribution in [0.2, 0.25) is 0 Å². The van der Waals surface area contributed by atoms with E-state index in [1.165, 1.54) is 0 Å². The van der Waals surface area contributed by atoms with Gasteiger partial charge in [0.2, 0.25) is 5.91 Å². The van der Waals surface area contributed by atoms with Gasteiger partial charge in [0.05, 0.1) is 5.54 Å². The van der Waals surface area contributed by atoms with E-state index in [0.29, 0.717) is 11.4 Å². The third kappa shape index (κ3) is 4.26. The molecule has 0 spiro atoms. The molecule has 1 aromatic carbocycles. The van der Waals surface area contributed by atoms with Crippen molar-refractivity contribution in [3.05, 3.63) is 24.3 Å². The van der Waals surface area contributed by atoms with Crippen molar-refractivity contribution in [1.82, 2.24) is 10.6 Å². The van der Waals surface area contributed by atoms with Gasteiger partial charge < -0.3 is 21.3 Å². The van der Waals surface area contributed by atoms with Gasteiger partial charge in [0.1, 0.15) is 0 Å². The highest BCUT2D eigenvalue weighted by atomic mass is 16.2. The van der Waals surface area contributed by atoms with E-state index in [1.807, 2.05) is 0 Å². The Morgan fingerprint density at radius 2 is 1.42 bits per heavy atom. The number of carbonyl (C=O) groups is 2. The van der Waals surface area contributed by atoms with Crippen LogP contribution in [0.3, 0.4) is 0 Å². The van der Waals surface area contributed by atoms with Gasteiger partial charge in [0, 0.05) is 18.4 Å². The summed E-state index contributed by atoms with van der Waals surface area (Å²) < 4.78 is 0. The van der Waals surface area contributed by atoms with E-state index in [0.717, 1.165) is 0 Å². The summed E-state index contributed by atoms with van der Waals surface area (Å²) in [4.78, 5) is 23.0. The van der Waals surface area contributed by atoms with Crippen LogP contribution in [-0.2, 0) is 4.79 Å². The Labute approximate surface area is 113 Å². The van der Waals surface area contributed by atoms with Crippen LogP contribution in [-0.4, -0.2) is 31.6 Å². The first-order valence-corrected chi connectivity index (χ1v) is 5.98. The molecule has 0 atom stereocenters. The van der Waals surface area contributed by atoms with Crippen LogP contribution in [0.1, 0.15) is 13.8 Å². The number of carbonyl (C=O) groups excluding carboxylic acids is 2. The molecule has 0 aliphatic rings. The summed E-state index contributed by atoms with van der Waals surface area (Å²) >= 11 is 0. The molecular formula is C13H20N4O2. The zero-order valence-corrected chi connectivity index (χ0v) is 11.6. The van der Waals surface area contributed by atoms with E-state index in [2.05, 4.69) is 21.3 Å². The molecule has 19 heavy (non-hydrogen) atoms. The van der Waals surface area contributed by atoms with E-state index in [9.17, 15) is 9.59 Å². The average Bonchev–Trinajstić information content (AvgIpc) is 2.40. The predicted molar refractivity (Wildman–Crippen MR) is 76.3 cm³/mol. The molecule has 0 heterocycles. The topological polar surface area (TPSA) is 82.3 Å². The summed E-state index contributed by atoms with van der Waals surface area (Å²) in [6, 6.07) is 6.62. The molecule has 0 aromatic heterocycles. The molecular weight excluding hydrogens is 244 g/mol. The zero-order valence-electron chi connectivity index (χ0n) is 11.6. The van der Waals surface area contributed by atoms with E-state index in [1.54, 1.807) is 52.2 Å².